The van der Waals surface area contributed by atoms with Crippen LogP contribution in [-0.4, -0.2) is 36.9 Å². The second-order valence-electron chi connectivity index (χ2n) is 6.29. The highest BCUT2D eigenvalue weighted by Crippen LogP contribution is 2.36. The fourth-order valence-corrected chi connectivity index (χ4v) is 4.77. The van der Waals surface area contributed by atoms with Crippen molar-refractivity contribution < 1.29 is 27.1 Å². The number of carbonyl (C=O) groups is 1. The van der Waals surface area contributed by atoms with Crippen molar-refractivity contribution in [2.75, 3.05) is 13.1 Å². The molecule has 2 aromatic carbocycles. The molecule has 0 radical (unpaired) electrons. The van der Waals surface area contributed by atoms with Gasteiger partial charge in [-0.15, -0.1) is 0 Å². The second kappa shape index (κ2) is 6.77. The smallest absolute Gasteiger partial charge is 0.308 e. The van der Waals surface area contributed by atoms with Crippen LogP contribution in [0.1, 0.15) is 17.0 Å². The van der Waals surface area contributed by atoms with Crippen LogP contribution < -0.4 is 0 Å². The van der Waals surface area contributed by atoms with Gasteiger partial charge in [-0.25, -0.2) is 17.2 Å². The van der Waals surface area contributed by atoms with Crippen LogP contribution in [0.15, 0.2) is 47.4 Å². The number of aryl methyl sites for hydroxylation is 1. The lowest BCUT2D eigenvalue weighted by molar-refractivity contribution is -0.141. The zero-order valence-electron chi connectivity index (χ0n) is 13.9. The van der Waals surface area contributed by atoms with E-state index >= 15 is 0 Å². The van der Waals surface area contributed by atoms with E-state index < -0.39 is 44.4 Å². The van der Waals surface area contributed by atoms with Gasteiger partial charge in [-0.3, -0.25) is 4.79 Å². The minimum atomic E-state index is -4.36. The Labute approximate surface area is 149 Å². The van der Waals surface area contributed by atoms with Crippen LogP contribution in [0.4, 0.5) is 8.78 Å². The second-order valence-corrected chi connectivity index (χ2v) is 8.20. The lowest BCUT2D eigenvalue weighted by Crippen LogP contribution is -2.31. The number of rotatable bonds is 4. The summed E-state index contributed by atoms with van der Waals surface area (Å²) in [6.07, 6.45) is 0. The fraction of sp³-hybridized carbons (Fsp3) is 0.278. The Morgan fingerprint density at radius 2 is 1.73 bits per heavy atom. The molecule has 1 saturated heterocycles. The zero-order chi connectivity index (χ0) is 19.1. The van der Waals surface area contributed by atoms with Crippen LogP contribution in [0.5, 0.6) is 0 Å². The zero-order valence-corrected chi connectivity index (χ0v) is 14.7. The van der Waals surface area contributed by atoms with Crippen molar-refractivity contribution in [3.63, 3.8) is 0 Å². The summed E-state index contributed by atoms with van der Waals surface area (Å²) in [5.41, 5.74) is 0.682. The van der Waals surface area contributed by atoms with Gasteiger partial charge in [-0.05, 0) is 24.1 Å². The maximum atomic E-state index is 14.2. The summed E-state index contributed by atoms with van der Waals surface area (Å²) in [5.74, 6) is -5.33. The number of aliphatic carboxylic acids is 1. The maximum Gasteiger partial charge on any atom is 0.308 e. The third-order valence-corrected chi connectivity index (χ3v) is 6.54. The van der Waals surface area contributed by atoms with Crippen LogP contribution >= 0.6 is 0 Å². The Hall–Kier alpha value is -2.32. The van der Waals surface area contributed by atoms with Crippen LogP contribution in [0, 0.1) is 24.5 Å². The average Bonchev–Trinajstić information content (AvgIpc) is 3.07. The van der Waals surface area contributed by atoms with Crippen molar-refractivity contribution in [3.8, 4) is 0 Å². The quantitative estimate of drug-likeness (QED) is 0.884. The molecule has 3 rings (SSSR count). The summed E-state index contributed by atoms with van der Waals surface area (Å²) in [4.78, 5) is 10.8. The molecule has 2 atom stereocenters. The molecule has 0 spiro atoms. The summed E-state index contributed by atoms with van der Waals surface area (Å²) in [7, 11) is -4.36. The summed E-state index contributed by atoms with van der Waals surface area (Å²) < 4.78 is 54.5. The molecule has 1 N–H and O–H groups in total. The normalized spacial score (nSPS) is 21.0. The summed E-state index contributed by atoms with van der Waals surface area (Å²) in [5, 5.41) is 9.48. The number of hydrogen-bond donors (Lipinski definition) is 1. The first-order valence-electron chi connectivity index (χ1n) is 7.96. The highest BCUT2D eigenvalue weighted by atomic mass is 32.2. The highest BCUT2D eigenvalue weighted by Gasteiger charge is 2.44. The van der Waals surface area contributed by atoms with Crippen LogP contribution in [0.3, 0.4) is 0 Å². The van der Waals surface area contributed by atoms with Gasteiger partial charge in [-0.1, -0.05) is 36.4 Å². The average molecular weight is 381 g/mol. The Bertz CT molecular complexity index is 947. The molecule has 1 aliphatic rings. The van der Waals surface area contributed by atoms with Gasteiger partial charge in [0.1, 0.15) is 4.90 Å². The largest absolute Gasteiger partial charge is 0.481 e. The van der Waals surface area contributed by atoms with Gasteiger partial charge in [0.15, 0.2) is 11.6 Å². The van der Waals surface area contributed by atoms with Gasteiger partial charge in [-0.2, -0.15) is 4.31 Å². The van der Waals surface area contributed by atoms with E-state index in [0.29, 0.717) is 5.56 Å². The standard InChI is InChI=1S/C18H17F2NO4S/c1-11-7-8-15(17(20)16(11)19)26(24,25)21-9-13(14(10-21)18(22)23)12-5-3-2-4-6-12/h2-8,13-14H,9-10H2,1H3,(H,22,23)/t13-,14+/m1/s1. The van der Waals surface area contributed by atoms with E-state index in [0.717, 1.165) is 10.4 Å². The van der Waals surface area contributed by atoms with E-state index in [1.54, 1.807) is 30.3 Å². The molecule has 0 aliphatic carbocycles. The number of carboxylic acids is 1. The number of sulfonamides is 1. The van der Waals surface area contributed by atoms with Gasteiger partial charge in [0.2, 0.25) is 10.0 Å². The highest BCUT2D eigenvalue weighted by molar-refractivity contribution is 7.89. The van der Waals surface area contributed by atoms with E-state index in [4.69, 9.17) is 0 Å². The number of nitrogens with zero attached hydrogens (tertiary/aromatic N) is 1. The van der Waals surface area contributed by atoms with Crippen molar-refractivity contribution in [1.29, 1.82) is 0 Å². The molecule has 0 amide bonds. The lowest BCUT2D eigenvalue weighted by Gasteiger charge is -2.17. The molecule has 0 unspecified atom stereocenters. The van der Waals surface area contributed by atoms with E-state index in [1.807, 2.05) is 0 Å². The van der Waals surface area contributed by atoms with Gasteiger partial charge < -0.3 is 5.11 Å². The van der Waals surface area contributed by atoms with Gasteiger partial charge >= 0.3 is 5.97 Å². The van der Waals surface area contributed by atoms with Crippen molar-refractivity contribution >= 4 is 16.0 Å². The van der Waals surface area contributed by atoms with E-state index in [9.17, 15) is 27.1 Å². The Kier molecular flexibility index (Phi) is 4.81. The molecular weight excluding hydrogens is 364 g/mol. The van der Waals surface area contributed by atoms with Gasteiger partial charge in [0, 0.05) is 19.0 Å². The van der Waals surface area contributed by atoms with Crippen molar-refractivity contribution in [1.82, 2.24) is 4.31 Å². The summed E-state index contributed by atoms with van der Waals surface area (Å²) >= 11 is 0. The predicted molar refractivity (Wildman–Crippen MR) is 90.2 cm³/mol. The number of halogens is 2. The molecule has 5 nitrogen and oxygen atoms in total. The minimum Gasteiger partial charge on any atom is -0.481 e. The predicted octanol–water partition coefficient (Wildman–Crippen LogP) is 2.76. The Morgan fingerprint density at radius 3 is 2.35 bits per heavy atom. The van der Waals surface area contributed by atoms with E-state index in [-0.39, 0.29) is 18.7 Å². The van der Waals surface area contributed by atoms with Crippen LogP contribution in [-0.2, 0) is 14.8 Å². The maximum absolute atomic E-state index is 14.2. The first-order chi connectivity index (χ1) is 12.2. The molecule has 0 bridgehead atoms. The monoisotopic (exact) mass is 381 g/mol. The van der Waals surface area contributed by atoms with E-state index in [2.05, 4.69) is 0 Å². The molecule has 26 heavy (non-hydrogen) atoms. The molecule has 138 valence electrons. The lowest BCUT2D eigenvalue weighted by atomic mass is 9.89. The summed E-state index contributed by atoms with van der Waals surface area (Å²) in [6, 6.07) is 10.9. The molecule has 0 aromatic heterocycles. The minimum absolute atomic E-state index is 0.00607. The molecular formula is C18H17F2NO4S. The molecule has 1 fully saturated rings. The number of benzene rings is 2. The molecule has 8 heteroatoms. The molecule has 1 heterocycles. The first-order valence-corrected chi connectivity index (χ1v) is 9.40. The SMILES string of the molecule is Cc1ccc(S(=O)(=O)N2C[C@H](C(=O)O)[C@@H](c3ccccc3)C2)c(F)c1F. The Balaban J connectivity index is 1.99. The number of hydrogen-bond acceptors (Lipinski definition) is 3. The topological polar surface area (TPSA) is 74.7 Å². The van der Waals surface area contributed by atoms with Crippen molar-refractivity contribution in [2.24, 2.45) is 5.92 Å². The fourth-order valence-electron chi connectivity index (χ4n) is 3.22. The van der Waals surface area contributed by atoms with Gasteiger partial charge in [0.25, 0.3) is 0 Å². The van der Waals surface area contributed by atoms with Crippen molar-refractivity contribution in [3.05, 3.63) is 65.2 Å². The number of carboxylic acid groups (broad SMARTS) is 1. The Morgan fingerprint density at radius 1 is 1.08 bits per heavy atom. The molecule has 1 aliphatic heterocycles. The first kappa shape index (κ1) is 18.5. The van der Waals surface area contributed by atoms with E-state index in [1.165, 1.54) is 13.0 Å². The summed E-state index contributed by atoms with van der Waals surface area (Å²) in [6.45, 7) is 0.918. The third-order valence-electron chi connectivity index (χ3n) is 4.69. The van der Waals surface area contributed by atoms with Crippen LogP contribution in [0.2, 0.25) is 0 Å². The van der Waals surface area contributed by atoms with Gasteiger partial charge in [0.05, 0.1) is 5.92 Å². The van der Waals surface area contributed by atoms with Crippen molar-refractivity contribution in [2.45, 2.75) is 17.7 Å². The van der Waals surface area contributed by atoms with Crippen LogP contribution in [0.25, 0.3) is 0 Å². The molecule has 2 aromatic rings. The third kappa shape index (κ3) is 3.10. The molecule has 0 saturated carbocycles.